The summed E-state index contributed by atoms with van der Waals surface area (Å²) < 4.78 is 20.4. The molecule has 0 aromatic rings. The van der Waals surface area contributed by atoms with Crippen LogP contribution in [0.15, 0.2) is 25.0 Å². The zero-order valence-corrected chi connectivity index (χ0v) is 47.5. The number of guanidine groups is 8. The largest absolute Gasteiger partial charge is 0.527 e. The lowest BCUT2D eigenvalue weighted by Crippen LogP contribution is -2.39. The Morgan fingerprint density at radius 3 is 1.35 bits per heavy atom. The topological polar surface area (TPSA) is 630 Å². The van der Waals surface area contributed by atoms with Gasteiger partial charge in [0.25, 0.3) is 12.6 Å². The van der Waals surface area contributed by atoms with Crippen molar-refractivity contribution in [2.45, 2.75) is 66.8 Å². The lowest BCUT2D eigenvalue weighted by atomic mass is 10.2. The van der Waals surface area contributed by atoms with Crippen LogP contribution in [-0.4, -0.2) is 243 Å². The second-order valence-corrected chi connectivity index (χ2v) is 18.1. The summed E-state index contributed by atoms with van der Waals surface area (Å²) in [6.45, 7) is 15.4. The third-order valence-corrected chi connectivity index (χ3v) is 9.83. The minimum absolute atomic E-state index is 0.00713. The van der Waals surface area contributed by atoms with Crippen LogP contribution in [0.1, 0.15) is 60.8 Å². The van der Waals surface area contributed by atoms with Crippen LogP contribution in [0.25, 0.3) is 0 Å². The maximum atomic E-state index is 10.5. The first kappa shape index (κ1) is 78.8. The van der Waals surface area contributed by atoms with E-state index in [1.165, 1.54) is 54.3 Å². The van der Waals surface area contributed by atoms with E-state index in [1.807, 2.05) is 6.92 Å². The van der Waals surface area contributed by atoms with E-state index >= 15 is 0 Å². The number of rotatable bonds is 20. The van der Waals surface area contributed by atoms with Gasteiger partial charge >= 0.3 is 28.0 Å². The number of aliphatic carboxylic acids is 2. The highest BCUT2D eigenvalue weighted by Crippen LogP contribution is 2.16. The zero-order chi connectivity index (χ0) is 61.8. The summed E-state index contributed by atoms with van der Waals surface area (Å²) in [7, 11) is -1.26. The summed E-state index contributed by atoms with van der Waals surface area (Å²) in [6.07, 6.45) is 0.960. The second kappa shape index (κ2) is 46.2. The number of carbonyl (C=O) groups excluding carboxylic acids is 4. The summed E-state index contributed by atoms with van der Waals surface area (Å²) in [5.74, 6) is -0.529. The van der Waals surface area contributed by atoms with Gasteiger partial charge in [0.2, 0.25) is 0 Å². The SMILES string of the molecule is CC(=O)CC(C)N=C(N)N.CC(=O)CCN=C(N)N.CC(=O)CN(C)C(=N)N.CCN(CC(C)=O)C(=N)N.CN(C[P+](=O)O)C(=N)N.NC1=NCCN1CC(=O)O.NC1=NCCN1CCC(=O)O.NC1=NCCN1C[P+](=O)O. The zero-order valence-electron chi connectivity index (χ0n) is 45.7. The predicted octanol–water partition coefficient (Wildman–Crippen LogP) is -5.34. The standard InChI is InChI=1S/C6H11N3O2.2C6H13N3O.C5H9N3O2.2C5H11N3O.C4H8N3O2P.C3H8N3O2P/c7-6-8-2-4-9(6)3-1-5(10)11;1-4(3-5(2)10)9-6(7)8;1-3-9(6(7)8)4-5(2)10;6-5-7-1-2-8(5)3-4(9)10;1-4(9)3-8(2)5(6)7;1-4(9)2-3-8-5(6)7;5-4-6-1-2-7(4)3-10(8)9;1-6(3(4)5)2-9(7)8/h1-4H2,(H2,7,8)(H,10,11);4H,3H2,1-2H3,(H4,7,8,9);3-4H2,1-2H3,(H3,7,8);1-3H2,(H2,6,7)(H,9,10);3H2,1-2H3,(H3,6,7);2-3H2,1H3,(H4,6,7,8);1-3H2,(H2-,5,6,8,9);2H2,1H3,(H3-,4,5,7,8)/p+2. The number of likely N-dealkylation sites (N-methyl/N-ethyl adjacent to an activating group) is 2. The van der Waals surface area contributed by atoms with Crippen LogP contribution >= 0.6 is 16.1 Å². The number of nitrogens with zero attached hydrogens (tertiary/aromatic N) is 11. The molecule has 3 aliphatic heterocycles. The Balaban J connectivity index is -0.000000261. The number of nitrogens with two attached hydrogens (primary N) is 10. The van der Waals surface area contributed by atoms with E-state index in [2.05, 4.69) is 25.0 Å². The minimum atomic E-state index is -2.22. The van der Waals surface area contributed by atoms with Crippen molar-refractivity contribution in [1.82, 2.24) is 29.4 Å². The highest BCUT2D eigenvalue weighted by atomic mass is 31.1. The smallest absolute Gasteiger partial charge is 0.481 e. The molecule has 0 saturated heterocycles. The van der Waals surface area contributed by atoms with Crippen molar-refractivity contribution in [2.75, 3.05) is 105 Å². The quantitative estimate of drug-likeness (QED) is 0.0307. The van der Waals surface area contributed by atoms with Gasteiger partial charge in [0.05, 0.1) is 45.2 Å². The molecule has 0 radical (unpaired) electrons. The maximum absolute atomic E-state index is 10.5. The van der Waals surface area contributed by atoms with Crippen molar-refractivity contribution in [3.8, 4) is 0 Å². The van der Waals surface area contributed by atoms with Gasteiger partial charge in [0.1, 0.15) is 29.7 Å². The van der Waals surface area contributed by atoms with E-state index in [1.54, 1.807) is 23.8 Å². The molecular formula is C40H86N24O12P2+2. The summed E-state index contributed by atoms with van der Waals surface area (Å²) in [5, 5.41) is 37.3. The van der Waals surface area contributed by atoms with Gasteiger partial charge in [-0.25, -0.2) is 0 Å². The van der Waals surface area contributed by atoms with Crippen LogP contribution in [-0.2, 0) is 37.9 Å². The van der Waals surface area contributed by atoms with Gasteiger partial charge in [-0.05, 0) is 50.7 Å². The van der Waals surface area contributed by atoms with Gasteiger partial charge in [-0.15, -0.1) is 0 Å². The molecule has 27 N–H and O–H groups in total. The molecule has 0 amide bonds. The molecule has 3 atom stereocenters. The first-order valence-corrected chi connectivity index (χ1v) is 25.9. The van der Waals surface area contributed by atoms with Crippen molar-refractivity contribution >= 4 is 98.8 Å². The Morgan fingerprint density at radius 2 is 1.09 bits per heavy atom. The Bertz CT molecular complexity index is 2010. The molecule has 0 aromatic heterocycles. The molecule has 0 fully saturated rings. The van der Waals surface area contributed by atoms with E-state index in [0.717, 1.165) is 6.54 Å². The van der Waals surface area contributed by atoms with Gasteiger partial charge in [0.15, 0.2) is 47.7 Å². The van der Waals surface area contributed by atoms with Crippen molar-refractivity contribution in [2.24, 2.45) is 82.3 Å². The molecule has 78 heavy (non-hydrogen) atoms. The normalized spacial score (nSPS) is 12.9. The summed E-state index contributed by atoms with van der Waals surface area (Å²) in [6, 6.07) is -0.0949. The van der Waals surface area contributed by atoms with E-state index in [0.29, 0.717) is 83.1 Å². The van der Waals surface area contributed by atoms with Crippen LogP contribution in [0.3, 0.4) is 0 Å². The molecule has 0 aromatic carbocycles. The van der Waals surface area contributed by atoms with Gasteiger partial charge in [-0.3, -0.25) is 74.9 Å². The summed E-state index contributed by atoms with van der Waals surface area (Å²) in [5.41, 5.74) is 51.5. The number of hydrogen-bond acceptors (Lipinski definition) is 22. The molecule has 38 heteroatoms. The Morgan fingerprint density at radius 1 is 0.641 bits per heavy atom. The van der Waals surface area contributed by atoms with Crippen molar-refractivity contribution in [1.29, 1.82) is 16.2 Å². The Hall–Kier alpha value is -8.10. The molecule has 446 valence electrons. The van der Waals surface area contributed by atoms with Crippen LogP contribution in [0, 0.1) is 16.2 Å². The van der Waals surface area contributed by atoms with Crippen LogP contribution in [0.2, 0.25) is 0 Å². The number of aliphatic imine (C=N–C) groups is 5. The molecule has 3 aliphatic rings. The second-order valence-electron chi connectivity index (χ2n) is 16.1. The predicted molar refractivity (Wildman–Crippen MR) is 300 cm³/mol. The third-order valence-electron chi connectivity index (χ3n) is 8.58. The molecular weight excluding hydrogens is 1070 g/mol. The average molecular weight is 1160 g/mol. The number of hydrogen-bond donors (Lipinski definition) is 17. The van der Waals surface area contributed by atoms with E-state index in [9.17, 15) is 37.9 Å². The van der Waals surface area contributed by atoms with Crippen molar-refractivity contribution in [3.05, 3.63) is 0 Å². The van der Waals surface area contributed by atoms with Crippen LogP contribution < -0.4 is 57.3 Å². The number of ketones is 4. The van der Waals surface area contributed by atoms with E-state index < -0.39 is 28.0 Å². The number of carboxylic acid groups (broad SMARTS) is 2. The monoisotopic (exact) mass is 1160 g/mol. The van der Waals surface area contributed by atoms with E-state index in [-0.39, 0.29) is 97.6 Å². The minimum Gasteiger partial charge on any atom is -0.481 e. The van der Waals surface area contributed by atoms with Crippen LogP contribution in [0.4, 0.5) is 0 Å². The molecule has 3 rings (SSSR count). The first-order valence-electron chi connectivity index (χ1n) is 23.1. The maximum Gasteiger partial charge on any atom is 0.527 e. The number of Topliss-reactive ketones (excluding diaryl/α,β-unsaturated/α-hetero) is 4. The van der Waals surface area contributed by atoms with Gasteiger partial charge < -0.3 is 92.0 Å². The molecule has 0 aliphatic carbocycles. The molecule has 3 heterocycles. The summed E-state index contributed by atoms with van der Waals surface area (Å²) in [4.78, 5) is 107. The fourth-order valence-electron chi connectivity index (χ4n) is 4.94. The molecule has 36 nitrogen and oxygen atoms in total. The number of nitrogens with one attached hydrogen (secondary N) is 3. The average Bonchev–Trinajstić information content (AvgIpc) is 4.01. The summed E-state index contributed by atoms with van der Waals surface area (Å²) >= 11 is 0. The molecule has 0 saturated carbocycles. The van der Waals surface area contributed by atoms with Gasteiger partial charge in [-0.1, -0.05) is 0 Å². The number of carboxylic acids is 2. The fourth-order valence-corrected chi connectivity index (χ4v) is 6.03. The van der Waals surface area contributed by atoms with E-state index in [4.69, 9.17) is 93.6 Å². The lowest BCUT2D eigenvalue weighted by molar-refractivity contribution is -0.138. The molecule has 3 unspecified atom stereocenters. The van der Waals surface area contributed by atoms with Crippen molar-refractivity contribution in [3.63, 3.8) is 0 Å². The third kappa shape index (κ3) is 54.2. The van der Waals surface area contributed by atoms with Gasteiger partial charge in [0, 0.05) is 66.2 Å². The highest BCUT2D eigenvalue weighted by Gasteiger charge is 2.23. The Kier molecular flexibility index (Phi) is 46.7. The van der Waals surface area contributed by atoms with Gasteiger partial charge in [-0.2, -0.15) is 9.79 Å². The highest BCUT2D eigenvalue weighted by molar-refractivity contribution is 7.38. The molecule has 0 spiro atoms. The first-order chi connectivity index (χ1) is 35.9. The molecule has 0 bridgehead atoms. The van der Waals surface area contributed by atoms with Crippen molar-refractivity contribution < 1.29 is 57.9 Å². The number of carbonyl (C=O) groups is 6. The Labute approximate surface area is 455 Å². The lowest BCUT2D eigenvalue weighted by Gasteiger charge is -2.17. The van der Waals surface area contributed by atoms with Crippen LogP contribution in [0.5, 0.6) is 0 Å². The fraction of sp³-hybridized carbons (Fsp3) is 0.650.